The number of carbonyl (C=O) groups excluding carboxylic acids is 7. The maximum Gasteiger partial charge on any atom is 0.330 e. The van der Waals surface area contributed by atoms with Crippen LogP contribution in [0.1, 0.15) is 111 Å². The number of aromatic hydroxyl groups is 3. The Morgan fingerprint density at radius 3 is 1.73 bits per heavy atom. The quantitative estimate of drug-likeness (QED) is 0.0300. The topological polar surface area (TPSA) is 509 Å². The molecule has 7 amide bonds. The number of aliphatic hydroxyl groups is 5. The molecule has 2 saturated heterocycles. The fraction of sp³-hybridized carbons (Fsp3) is 0.299. The maximum absolute atomic E-state index is 16.6. The minimum absolute atomic E-state index is 0.118. The summed E-state index contributed by atoms with van der Waals surface area (Å²) < 4.78 is 47.5. The average Bonchev–Trinajstić information content (AvgIpc) is 0.755. The Kier molecular flexibility index (Phi) is 29.2. The number of aliphatic carboxylic acids is 1. The van der Waals surface area contributed by atoms with Crippen molar-refractivity contribution in [3.63, 3.8) is 0 Å². The third-order valence-corrected chi connectivity index (χ3v) is 28.8. The number of carbonyl (C=O) groups is 8. The molecule has 0 aliphatic carbocycles. The molecule has 11 unspecified atom stereocenters. The number of ether oxygens (including phenoxy) is 6. The Morgan fingerprint density at radius 1 is 0.604 bits per heavy atom. The van der Waals surface area contributed by atoms with E-state index in [0.29, 0.717) is 5.02 Å². The highest BCUT2D eigenvalue weighted by Crippen LogP contribution is 2.52. The van der Waals surface area contributed by atoms with Crippen molar-refractivity contribution < 1.29 is 113 Å². The lowest BCUT2D eigenvalue weighted by Gasteiger charge is -2.48. The minimum atomic E-state index is -3.21. The summed E-state index contributed by atoms with van der Waals surface area (Å²) in [6, 6.07) is 43.1. The molecule has 0 saturated carbocycles. The summed E-state index contributed by atoms with van der Waals surface area (Å²) in [4.78, 5) is 120. The van der Waals surface area contributed by atoms with Crippen LogP contribution in [0, 0.1) is 5.92 Å². The fourth-order valence-corrected chi connectivity index (χ4v) is 21.4. The fourth-order valence-electron chi connectivity index (χ4n) is 17.2. The van der Waals surface area contributed by atoms with Crippen LogP contribution in [-0.4, -0.2) is 186 Å². The van der Waals surface area contributed by atoms with Crippen LogP contribution in [0.25, 0.3) is 22.3 Å². The normalized spacial score (nSPS) is 25.1. The molecule has 17 rings (SSSR count). The number of aliphatic hydroxyl groups excluding tert-OH is 5. The Labute approximate surface area is 783 Å². The van der Waals surface area contributed by atoms with Crippen LogP contribution in [0.2, 0.25) is 15.1 Å². The molecule has 0 radical (unpaired) electrons. The van der Waals surface area contributed by atoms with Gasteiger partial charge in [0.05, 0.1) is 48.3 Å². The number of nitrogens with one attached hydrogen (secondary N) is 8. The first-order chi connectivity index (χ1) is 64.1. The maximum atomic E-state index is 16.6. The lowest BCUT2D eigenvalue weighted by Crippen LogP contribution is -2.65. The van der Waals surface area contributed by atoms with E-state index in [1.807, 2.05) is 141 Å². The van der Waals surface area contributed by atoms with Crippen LogP contribution < -0.4 is 78.4 Å². The number of likely N-dealkylation sites (N-methyl/N-ethyl adjacent to an activating group) is 1. The highest BCUT2D eigenvalue weighted by Gasteiger charge is 2.53. The summed E-state index contributed by atoms with van der Waals surface area (Å²) in [5, 5.41) is 133. The van der Waals surface area contributed by atoms with Crippen LogP contribution in [0.4, 0.5) is 0 Å². The number of fused-ring (bicyclic) bond motifs is 15. The van der Waals surface area contributed by atoms with E-state index in [0.717, 1.165) is 81.1 Å². The van der Waals surface area contributed by atoms with Gasteiger partial charge >= 0.3 is 5.97 Å². The Balaban J connectivity index is 0.941. The Hall–Kier alpha value is -12.5. The average molecular weight is 1910 g/mol. The third-order valence-electron chi connectivity index (χ3n) is 24.2. The Bertz CT molecular complexity index is 6060. The van der Waals surface area contributed by atoms with E-state index >= 15 is 24.0 Å². The highest BCUT2D eigenvalue weighted by atomic mass is 35.5. The number of nitrogens with zero attached hydrogens (tertiary/aromatic N) is 1. The monoisotopic (exact) mass is 1910 g/mol. The molecule has 2 fully saturated rings. The molecule has 134 heavy (non-hydrogen) atoms. The van der Waals surface area contributed by atoms with Crippen molar-refractivity contribution in [3.05, 3.63) is 267 Å². The van der Waals surface area contributed by atoms with Crippen molar-refractivity contribution in [3.8, 4) is 68.2 Å². The van der Waals surface area contributed by atoms with Crippen molar-refractivity contribution >= 4 is 105 Å². The smallest absolute Gasteiger partial charge is 0.330 e. The second-order valence-corrected chi connectivity index (χ2v) is 38.3. The van der Waals surface area contributed by atoms with Crippen molar-refractivity contribution in [2.24, 2.45) is 16.4 Å². The van der Waals surface area contributed by atoms with E-state index in [9.17, 15) is 60.3 Å². The minimum Gasteiger partial charge on any atom is -0.508 e. The SMILES string of the molecule is CN[C@@H](CC(C)C)C(=O)N[C@H]1C(=O)N[C@@H](CC(N)=O)C(=O)NC2C(=O)NC3C(=O)N[C@H](C(=O)N[C@@H](C(=O)O)c4cc(O)cc(O)c4-c4cc3ccc4O)[C@H](O)c3ccc(c(Cl)c3)Oc3cc2cc(c3OC2OC(CN=P(c3ccccc3)(c3ccccc3)c3ccccc3)C(O)C(O)C2OC2CC(C)(NCc3ccc(-c4ccc(Cl)cc4)cc3)C(O)C(C)O2)Oc2ccc(cc2Cl)[C@H]1O. The second kappa shape index (κ2) is 40.7. The first-order valence-electron chi connectivity index (χ1n) is 43.0. The van der Waals surface area contributed by atoms with Crippen LogP contribution in [0.3, 0.4) is 0 Å². The van der Waals surface area contributed by atoms with Gasteiger partial charge in [-0.25, -0.2) is 4.79 Å². The zero-order chi connectivity index (χ0) is 95.5. The first kappa shape index (κ1) is 96.0. The molecule has 0 aromatic heterocycles. The molecule has 19 N–H and O–H groups in total. The van der Waals surface area contributed by atoms with Gasteiger partial charge in [-0.3, -0.25) is 38.3 Å². The van der Waals surface area contributed by atoms with Crippen molar-refractivity contribution in [1.82, 2.24) is 42.5 Å². The molecule has 700 valence electrons. The number of hydrogen-bond donors (Lipinski definition) is 18. The van der Waals surface area contributed by atoms with Gasteiger partial charge in [0.15, 0.2) is 29.9 Å². The second-order valence-electron chi connectivity index (χ2n) is 34.0. The summed E-state index contributed by atoms with van der Waals surface area (Å²) in [5.74, 6) is -15.9. The van der Waals surface area contributed by atoms with E-state index in [2.05, 4.69) is 42.5 Å². The lowest BCUT2D eigenvalue weighted by molar-refractivity contribution is -0.331. The number of rotatable bonds is 21. The standard InChI is InChI=1S/C97H98Cl3N10O23P/c1-47(2)35-65(102-5)89(120)109-80-82(115)53-28-33-69(63(99)37-53)129-71-39-55-40-72(130-70-34-29-54(38-64(70)100)83(116)81-94(125)108-79(95(126)127)62-41-57(111)42-68(113)76(62)61-36-52(27-32-67(61)112)77(91(122)110-81)107-92(123)78(55)106-90(121)66(43-74(101)114)105-93(80)124)86(71)133-96-87(132-75-44-97(4,88(119)48(3)128-75)103-45-49-21-23-50(24-22-49)51-25-30-56(98)31-26-51)85(118)84(117)73(131-96)46-104-134(58-15-9-6-10-16-58,59-17-11-7-12-18-59)60-19-13-8-14-20-60/h6-34,36-42,47-48,65-66,73,75,77-85,87-88,96,102-103,111-113,115-119H,35,43-46H2,1-5H3,(H2,101,114)(H,105,124)(H,106,121)(H,107,123)(H,108,125)(H,109,120)(H,110,122)(H,126,127)/t48?,65-,66-,73?,75?,77?,78?,79+,80+,81-,82+,83+,84?,85?,87?,88?,96?,97?/m0/s1. The van der Waals surface area contributed by atoms with Gasteiger partial charge in [-0.15, -0.1) is 0 Å². The van der Waals surface area contributed by atoms with Gasteiger partial charge in [0, 0.05) is 62.2 Å². The number of amides is 7. The van der Waals surface area contributed by atoms with Gasteiger partial charge in [0.25, 0.3) is 0 Å². The number of phenols is 3. The zero-order valence-electron chi connectivity index (χ0n) is 72.6. The van der Waals surface area contributed by atoms with Gasteiger partial charge in [0.1, 0.15) is 89.5 Å². The number of phenolic OH excluding ortho intramolecular Hbond substituents is 3. The molecule has 10 aromatic rings. The molecule has 0 spiro atoms. The number of hydrogen-bond acceptors (Lipinski definition) is 25. The molecule has 37 heteroatoms. The predicted molar refractivity (Wildman–Crippen MR) is 494 cm³/mol. The van der Waals surface area contributed by atoms with E-state index in [1.54, 1.807) is 26.0 Å². The third kappa shape index (κ3) is 20.6. The molecular weight excluding hydrogens is 1810 g/mol. The summed E-state index contributed by atoms with van der Waals surface area (Å²) in [5.41, 5.74) is 4.43. The van der Waals surface area contributed by atoms with Crippen LogP contribution >= 0.6 is 41.9 Å². The number of nitrogens with two attached hydrogens (primary N) is 1. The number of carboxylic acid groups (broad SMARTS) is 1. The molecule has 33 nitrogen and oxygen atoms in total. The van der Waals surface area contributed by atoms with Gasteiger partial charge < -0.3 is 123 Å². The Morgan fingerprint density at radius 2 is 1.16 bits per heavy atom. The van der Waals surface area contributed by atoms with Gasteiger partial charge in [-0.05, 0) is 139 Å². The number of primary amides is 1. The van der Waals surface area contributed by atoms with E-state index in [1.165, 1.54) is 37.4 Å². The molecule has 7 aliphatic heterocycles. The molecule has 18 atom stereocenters. The summed E-state index contributed by atoms with van der Waals surface area (Å²) in [6.45, 7) is 6.80. The number of benzene rings is 10. The van der Waals surface area contributed by atoms with E-state index in [4.69, 9.17) is 73.7 Å². The van der Waals surface area contributed by atoms with E-state index in [-0.39, 0.29) is 58.5 Å². The van der Waals surface area contributed by atoms with Gasteiger partial charge in [0.2, 0.25) is 53.4 Å². The summed E-state index contributed by atoms with van der Waals surface area (Å²) in [7, 11) is -1.73. The van der Waals surface area contributed by atoms with Crippen molar-refractivity contribution in [2.45, 2.75) is 163 Å². The predicted octanol–water partition coefficient (Wildman–Crippen LogP) is 8.44. The lowest BCUT2D eigenvalue weighted by atomic mass is 9.84. The number of carboxylic acids is 1. The highest BCUT2D eigenvalue weighted by molar-refractivity contribution is 7.87. The van der Waals surface area contributed by atoms with E-state index < -0.39 is 238 Å². The molecular formula is C97H98Cl3N10O23P. The van der Waals surface area contributed by atoms with Crippen LogP contribution in [0.15, 0.2) is 223 Å². The van der Waals surface area contributed by atoms with Crippen molar-refractivity contribution in [2.75, 3.05) is 13.6 Å². The largest absolute Gasteiger partial charge is 0.508 e. The van der Waals surface area contributed by atoms with Crippen molar-refractivity contribution in [1.29, 1.82) is 0 Å². The van der Waals surface area contributed by atoms with Crippen LogP contribution in [-0.2, 0) is 59.1 Å². The number of halogens is 3. The van der Waals surface area contributed by atoms with Gasteiger partial charge in [-0.2, -0.15) is 0 Å². The molecule has 7 heterocycles. The first-order valence-corrected chi connectivity index (χ1v) is 45.8. The summed E-state index contributed by atoms with van der Waals surface area (Å²) >= 11 is 20.9. The zero-order valence-corrected chi connectivity index (χ0v) is 75.7. The molecule has 10 aromatic carbocycles. The summed E-state index contributed by atoms with van der Waals surface area (Å²) in [6.07, 6.45) is -18.7. The molecule has 7 aliphatic rings. The molecule has 11 bridgehead atoms. The van der Waals surface area contributed by atoms with Crippen LogP contribution in [0.5, 0.6) is 46.0 Å². The van der Waals surface area contributed by atoms with Gasteiger partial charge in [-0.1, -0.05) is 194 Å².